The summed E-state index contributed by atoms with van der Waals surface area (Å²) in [6.45, 7) is 6.52. The highest BCUT2D eigenvalue weighted by Gasteiger charge is 2.13. The Kier molecular flexibility index (Phi) is 4.96. The Hall–Kier alpha value is -1.61. The highest BCUT2D eigenvalue weighted by molar-refractivity contribution is 5.29. The van der Waals surface area contributed by atoms with Crippen LogP contribution in [0.25, 0.3) is 0 Å². The zero-order valence-electron chi connectivity index (χ0n) is 12.7. The molecule has 1 unspecified atom stereocenters. The van der Waals surface area contributed by atoms with Gasteiger partial charge in [-0.05, 0) is 37.0 Å². The fourth-order valence-corrected chi connectivity index (χ4v) is 2.69. The fraction of sp³-hybridized carbons (Fsp3) is 0.471. The molecule has 0 radical (unpaired) electrons. The molecule has 0 spiro atoms. The van der Waals surface area contributed by atoms with Crippen molar-refractivity contribution in [2.75, 3.05) is 0 Å². The molecular weight excluding hydrogens is 246 g/mol. The molecule has 0 aliphatic rings. The largest absolute Gasteiger partial charge is 0.324 e. The van der Waals surface area contributed by atoms with Gasteiger partial charge in [0.2, 0.25) is 0 Å². The van der Waals surface area contributed by atoms with E-state index in [0.29, 0.717) is 6.04 Å². The maximum Gasteiger partial charge on any atom is 0.0643 e. The molecular formula is C17H25N3. The molecule has 0 fully saturated rings. The quantitative estimate of drug-likeness (QED) is 0.868. The standard InChI is InChI=1S/C17H25N3/c1-4-15(5-2)20-11-10-14(19-20)12-17(18)16-9-7-6-8-13(16)3/h6-11,15,17H,4-5,12,18H2,1-3H3. The molecule has 108 valence electrons. The first-order chi connectivity index (χ1) is 9.65. The minimum absolute atomic E-state index is 0.0150. The molecule has 3 heteroatoms. The predicted molar refractivity (Wildman–Crippen MR) is 83.7 cm³/mol. The summed E-state index contributed by atoms with van der Waals surface area (Å²) in [4.78, 5) is 0. The summed E-state index contributed by atoms with van der Waals surface area (Å²) in [6, 6.07) is 10.9. The molecule has 2 rings (SSSR count). The SMILES string of the molecule is CCC(CC)n1ccc(CC(N)c2ccccc2C)n1. The predicted octanol–water partition coefficient (Wildman–Crippen LogP) is 3.80. The second kappa shape index (κ2) is 6.71. The lowest BCUT2D eigenvalue weighted by atomic mass is 9.98. The second-order valence-electron chi connectivity index (χ2n) is 5.42. The van der Waals surface area contributed by atoms with Gasteiger partial charge in [-0.15, -0.1) is 0 Å². The summed E-state index contributed by atoms with van der Waals surface area (Å²) in [5.74, 6) is 0. The molecule has 0 aliphatic heterocycles. The van der Waals surface area contributed by atoms with Gasteiger partial charge in [-0.1, -0.05) is 38.1 Å². The van der Waals surface area contributed by atoms with Gasteiger partial charge in [0.25, 0.3) is 0 Å². The Balaban J connectivity index is 2.09. The van der Waals surface area contributed by atoms with Gasteiger partial charge in [0, 0.05) is 18.7 Å². The molecule has 1 aromatic carbocycles. The maximum atomic E-state index is 6.33. The van der Waals surface area contributed by atoms with Crippen molar-refractivity contribution in [1.82, 2.24) is 9.78 Å². The third-order valence-electron chi connectivity index (χ3n) is 4.00. The zero-order chi connectivity index (χ0) is 14.5. The van der Waals surface area contributed by atoms with Gasteiger partial charge in [0.05, 0.1) is 11.7 Å². The third-order valence-corrected chi connectivity index (χ3v) is 4.00. The number of benzene rings is 1. The average Bonchev–Trinajstić information content (AvgIpc) is 2.89. The highest BCUT2D eigenvalue weighted by Crippen LogP contribution is 2.20. The van der Waals surface area contributed by atoms with Crippen LogP contribution < -0.4 is 5.73 Å². The maximum absolute atomic E-state index is 6.33. The summed E-state index contributed by atoms with van der Waals surface area (Å²) in [5, 5.41) is 4.68. The molecule has 3 nitrogen and oxygen atoms in total. The first kappa shape index (κ1) is 14.8. The molecule has 1 heterocycles. The third kappa shape index (κ3) is 3.28. The van der Waals surface area contributed by atoms with E-state index in [1.807, 2.05) is 12.1 Å². The zero-order valence-corrected chi connectivity index (χ0v) is 12.7. The van der Waals surface area contributed by atoms with Crippen LogP contribution in [0.15, 0.2) is 36.5 Å². The average molecular weight is 271 g/mol. The number of nitrogens with zero attached hydrogens (tertiary/aromatic N) is 2. The Morgan fingerprint density at radius 2 is 1.85 bits per heavy atom. The first-order valence-electron chi connectivity index (χ1n) is 7.50. The van der Waals surface area contributed by atoms with E-state index in [2.05, 4.69) is 54.9 Å². The van der Waals surface area contributed by atoms with Crippen molar-refractivity contribution >= 4 is 0 Å². The van der Waals surface area contributed by atoms with E-state index in [1.54, 1.807) is 0 Å². The van der Waals surface area contributed by atoms with Crippen LogP contribution in [-0.2, 0) is 6.42 Å². The summed E-state index contributed by atoms with van der Waals surface area (Å²) in [7, 11) is 0. The Bertz CT molecular complexity index is 541. The number of rotatable bonds is 6. The lowest BCUT2D eigenvalue weighted by Gasteiger charge is -2.14. The minimum Gasteiger partial charge on any atom is -0.324 e. The lowest BCUT2D eigenvalue weighted by Crippen LogP contribution is -2.15. The summed E-state index contributed by atoms with van der Waals surface area (Å²) >= 11 is 0. The van der Waals surface area contributed by atoms with Crippen molar-refractivity contribution in [2.24, 2.45) is 5.73 Å². The topological polar surface area (TPSA) is 43.8 Å². The van der Waals surface area contributed by atoms with Crippen LogP contribution >= 0.6 is 0 Å². The van der Waals surface area contributed by atoms with Crippen molar-refractivity contribution in [2.45, 2.75) is 52.1 Å². The van der Waals surface area contributed by atoms with Gasteiger partial charge < -0.3 is 5.73 Å². The Labute approximate surface area is 121 Å². The van der Waals surface area contributed by atoms with Crippen LogP contribution in [0.2, 0.25) is 0 Å². The van der Waals surface area contributed by atoms with Crippen LogP contribution in [-0.4, -0.2) is 9.78 Å². The number of nitrogens with two attached hydrogens (primary N) is 1. The number of hydrogen-bond acceptors (Lipinski definition) is 2. The van der Waals surface area contributed by atoms with Gasteiger partial charge in [0.15, 0.2) is 0 Å². The molecule has 20 heavy (non-hydrogen) atoms. The molecule has 1 atom stereocenters. The van der Waals surface area contributed by atoms with E-state index in [4.69, 9.17) is 5.73 Å². The molecule has 0 amide bonds. The molecule has 0 saturated carbocycles. The van der Waals surface area contributed by atoms with Gasteiger partial charge in [0.1, 0.15) is 0 Å². The van der Waals surface area contributed by atoms with E-state index in [9.17, 15) is 0 Å². The smallest absolute Gasteiger partial charge is 0.0643 e. The Morgan fingerprint density at radius 3 is 2.50 bits per heavy atom. The number of aromatic nitrogens is 2. The van der Waals surface area contributed by atoms with E-state index in [-0.39, 0.29) is 6.04 Å². The summed E-state index contributed by atoms with van der Waals surface area (Å²) < 4.78 is 2.08. The van der Waals surface area contributed by atoms with Crippen molar-refractivity contribution < 1.29 is 0 Å². The highest BCUT2D eigenvalue weighted by atomic mass is 15.3. The van der Waals surface area contributed by atoms with Crippen LogP contribution in [0.1, 0.15) is 55.6 Å². The van der Waals surface area contributed by atoms with E-state index in [0.717, 1.165) is 25.0 Å². The van der Waals surface area contributed by atoms with Crippen LogP contribution in [0, 0.1) is 6.92 Å². The van der Waals surface area contributed by atoms with E-state index >= 15 is 0 Å². The van der Waals surface area contributed by atoms with Crippen molar-refractivity contribution in [3.63, 3.8) is 0 Å². The molecule has 1 aromatic heterocycles. The number of hydrogen-bond donors (Lipinski definition) is 1. The summed E-state index contributed by atoms with van der Waals surface area (Å²) in [6.07, 6.45) is 5.10. The molecule has 0 bridgehead atoms. The second-order valence-corrected chi connectivity index (χ2v) is 5.42. The van der Waals surface area contributed by atoms with E-state index < -0.39 is 0 Å². The minimum atomic E-state index is 0.0150. The van der Waals surface area contributed by atoms with Crippen LogP contribution in [0.3, 0.4) is 0 Å². The van der Waals surface area contributed by atoms with Gasteiger partial charge >= 0.3 is 0 Å². The van der Waals surface area contributed by atoms with Crippen molar-refractivity contribution in [1.29, 1.82) is 0 Å². The molecule has 2 aromatic rings. The monoisotopic (exact) mass is 271 g/mol. The number of aryl methyl sites for hydroxylation is 1. The van der Waals surface area contributed by atoms with Gasteiger partial charge in [-0.2, -0.15) is 5.10 Å². The lowest BCUT2D eigenvalue weighted by molar-refractivity contribution is 0.424. The normalized spacial score (nSPS) is 12.8. The molecule has 2 N–H and O–H groups in total. The van der Waals surface area contributed by atoms with Crippen molar-refractivity contribution in [3.8, 4) is 0 Å². The molecule has 0 aliphatic carbocycles. The van der Waals surface area contributed by atoms with Crippen molar-refractivity contribution in [3.05, 3.63) is 53.3 Å². The van der Waals surface area contributed by atoms with E-state index in [1.165, 1.54) is 11.1 Å². The summed E-state index contributed by atoms with van der Waals surface area (Å²) in [5.41, 5.74) is 9.87. The van der Waals surface area contributed by atoms with Gasteiger partial charge in [-0.25, -0.2) is 0 Å². The fourth-order valence-electron chi connectivity index (χ4n) is 2.69. The Morgan fingerprint density at radius 1 is 1.15 bits per heavy atom. The van der Waals surface area contributed by atoms with Gasteiger partial charge in [-0.3, -0.25) is 4.68 Å². The molecule has 0 saturated heterocycles. The van der Waals surface area contributed by atoms with Crippen LogP contribution in [0.5, 0.6) is 0 Å². The first-order valence-corrected chi connectivity index (χ1v) is 7.50. The van der Waals surface area contributed by atoms with Crippen LogP contribution in [0.4, 0.5) is 0 Å².